The van der Waals surface area contributed by atoms with Gasteiger partial charge in [0, 0.05) is 18.6 Å². The molecule has 1 aliphatic rings. The summed E-state index contributed by atoms with van der Waals surface area (Å²) < 4.78 is 0.923. The highest BCUT2D eigenvalue weighted by molar-refractivity contribution is 9.10. The highest BCUT2D eigenvalue weighted by Gasteiger charge is 2.22. The Kier molecular flexibility index (Phi) is 3.38. The zero-order valence-corrected chi connectivity index (χ0v) is 11.5. The van der Waals surface area contributed by atoms with E-state index >= 15 is 0 Å². The van der Waals surface area contributed by atoms with Crippen LogP contribution in [-0.2, 0) is 4.79 Å². The number of anilines is 1. The Labute approximate surface area is 113 Å². The van der Waals surface area contributed by atoms with Crippen molar-refractivity contribution >= 4 is 39.6 Å². The van der Waals surface area contributed by atoms with Gasteiger partial charge >= 0.3 is 6.03 Å². The molecule has 1 fully saturated rings. The molecule has 1 aromatic rings. The first kappa shape index (κ1) is 12.6. The molecule has 94 valence electrons. The molecule has 0 unspecified atom stereocenters. The van der Waals surface area contributed by atoms with Gasteiger partial charge in [0.2, 0.25) is 0 Å². The molecule has 0 atom stereocenters. The van der Waals surface area contributed by atoms with Gasteiger partial charge < -0.3 is 10.2 Å². The van der Waals surface area contributed by atoms with Crippen LogP contribution < -0.4 is 15.5 Å². The van der Waals surface area contributed by atoms with Crippen LogP contribution in [0.1, 0.15) is 5.56 Å². The molecule has 3 amide bonds. The second-order valence-electron chi connectivity index (χ2n) is 4.07. The molecule has 0 spiro atoms. The Bertz CT molecular complexity index is 552. The minimum absolute atomic E-state index is 0.254. The van der Waals surface area contributed by atoms with E-state index < -0.39 is 11.9 Å². The average Bonchev–Trinajstić information content (AvgIpc) is 2.57. The van der Waals surface area contributed by atoms with Gasteiger partial charge in [0.15, 0.2) is 0 Å². The monoisotopic (exact) mass is 309 g/mol. The lowest BCUT2D eigenvalue weighted by atomic mass is 10.1. The Hall–Kier alpha value is -1.82. The topological polar surface area (TPSA) is 61.4 Å². The van der Waals surface area contributed by atoms with Gasteiger partial charge in [0.05, 0.1) is 5.69 Å². The normalized spacial score (nSPS) is 16.7. The summed E-state index contributed by atoms with van der Waals surface area (Å²) in [6.07, 6.45) is 1.63. The summed E-state index contributed by atoms with van der Waals surface area (Å²) in [6.45, 7) is 0. The van der Waals surface area contributed by atoms with E-state index in [1.165, 1.54) is 0 Å². The van der Waals surface area contributed by atoms with Gasteiger partial charge in [-0.25, -0.2) is 4.79 Å². The molecule has 5 nitrogen and oxygen atoms in total. The van der Waals surface area contributed by atoms with Crippen LogP contribution in [0.25, 0.3) is 6.08 Å². The fourth-order valence-corrected chi connectivity index (χ4v) is 2.38. The van der Waals surface area contributed by atoms with Crippen LogP contribution in [0.4, 0.5) is 10.5 Å². The summed E-state index contributed by atoms with van der Waals surface area (Å²) in [7, 11) is 3.89. The zero-order valence-electron chi connectivity index (χ0n) is 9.95. The predicted molar refractivity (Wildman–Crippen MR) is 73.1 cm³/mol. The van der Waals surface area contributed by atoms with Gasteiger partial charge in [0.25, 0.3) is 5.91 Å². The summed E-state index contributed by atoms with van der Waals surface area (Å²) in [5, 5.41) is 4.60. The highest BCUT2D eigenvalue weighted by atomic mass is 79.9. The molecule has 0 aromatic heterocycles. The first-order chi connectivity index (χ1) is 8.47. The Balaban J connectivity index is 2.31. The van der Waals surface area contributed by atoms with Gasteiger partial charge in [-0.1, -0.05) is 6.07 Å². The number of nitrogens with zero attached hydrogens (tertiary/aromatic N) is 1. The van der Waals surface area contributed by atoms with Gasteiger partial charge in [-0.05, 0) is 39.7 Å². The number of rotatable bonds is 2. The number of hydrogen-bond donors (Lipinski definition) is 2. The van der Waals surface area contributed by atoms with E-state index in [0.717, 1.165) is 15.7 Å². The van der Waals surface area contributed by atoms with Crippen LogP contribution in [0.2, 0.25) is 0 Å². The van der Waals surface area contributed by atoms with Crippen LogP contribution in [0.3, 0.4) is 0 Å². The van der Waals surface area contributed by atoms with Gasteiger partial charge in [-0.3, -0.25) is 10.1 Å². The second kappa shape index (κ2) is 4.81. The number of carbonyl (C=O) groups is 2. The third-order valence-corrected chi connectivity index (χ3v) is 3.12. The number of benzene rings is 1. The Morgan fingerprint density at radius 2 is 1.94 bits per heavy atom. The molecular formula is C12H12BrN3O2. The summed E-state index contributed by atoms with van der Waals surface area (Å²) in [4.78, 5) is 24.3. The van der Waals surface area contributed by atoms with Crippen LogP contribution in [0.5, 0.6) is 0 Å². The van der Waals surface area contributed by atoms with Crippen molar-refractivity contribution in [3.05, 3.63) is 33.9 Å². The maximum absolute atomic E-state index is 11.4. The quantitative estimate of drug-likeness (QED) is 0.645. The minimum atomic E-state index is -0.491. The van der Waals surface area contributed by atoms with Crippen molar-refractivity contribution in [1.29, 1.82) is 0 Å². The molecule has 1 heterocycles. The fourth-order valence-electron chi connectivity index (χ4n) is 1.62. The van der Waals surface area contributed by atoms with Gasteiger partial charge in [-0.2, -0.15) is 0 Å². The zero-order chi connectivity index (χ0) is 13.3. The van der Waals surface area contributed by atoms with Crippen molar-refractivity contribution in [2.75, 3.05) is 19.0 Å². The highest BCUT2D eigenvalue weighted by Crippen LogP contribution is 2.26. The maximum Gasteiger partial charge on any atom is 0.326 e. The number of urea groups is 1. The number of imide groups is 1. The molecule has 1 saturated heterocycles. The molecule has 2 N–H and O–H groups in total. The standard InChI is InChI=1S/C12H12BrN3O2/c1-16(2)10-4-3-7(5-8(10)13)6-9-11(17)15-12(18)14-9/h3-6H,1-2H3,(H2,14,15,17,18)/b9-6-. The minimum Gasteiger partial charge on any atom is -0.377 e. The fraction of sp³-hybridized carbons (Fsp3) is 0.167. The summed E-state index contributed by atoms with van der Waals surface area (Å²) in [6, 6.07) is 5.21. The van der Waals surface area contributed by atoms with Crippen LogP contribution in [0, 0.1) is 0 Å². The lowest BCUT2D eigenvalue weighted by molar-refractivity contribution is -0.115. The Morgan fingerprint density at radius 3 is 2.44 bits per heavy atom. The molecule has 0 radical (unpaired) electrons. The van der Waals surface area contributed by atoms with Gasteiger partial charge in [0.1, 0.15) is 5.70 Å². The first-order valence-corrected chi connectivity index (χ1v) is 6.07. The van der Waals surface area contributed by atoms with E-state index in [1.54, 1.807) is 6.08 Å². The van der Waals surface area contributed by atoms with Crippen LogP contribution in [0.15, 0.2) is 28.4 Å². The van der Waals surface area contributed by atoms with Crippen molar-refractivity contribution in [3.63, 3.8) is 0 Å². The van der Waals surface area contributed by atoms with E-state index in [-0.39, 0.29) is 5.70 Å². The molecule has 2 rings (SSSR count). The maximum atomic E-state index is 11.4. The molecule has 6 heteroatoms. The summed E-state index contributed by atoms with van der Waals surface area (Å²) in [5.74, 6) is -0.409. The second-order valence-corrected chi connectivity index (χ2v) is 4.93. The summed E-state index contributed by atoms with van der Waals surface area (Å²) >= 11 is 3.47. The summed E-state index contributed by atoms with van der Waals surface area (Å²) in [5.41, 5.74) is 2.13. The smallest absolute Gasteiger partial charge is 0.326 e. The van der Waals surface area contributed by atoms with E-state index in [2.05, 4.69) is 26.6 Å². The number of amides is 3. The lowest BCUT2D eigenvalue weighted by Crippen LogP contribution is -2.22. The largest absolute Gasteiger partial charge is 0.377 e. The molecule has 0 saturated carbocycles. The van der Waals surface area contributed by atoms with Gasteiger partial charge in [-0.15, -0.1) is 0 Å². The lowest BCUT2D eigenvalue weighted by Gasteiger charge is -2.14. The molecular weight excluding hydrogens is 298 g/mol. The van der Waals surface area contributed by atoms with Crippen LogP contribution in [-0.4, -0.2) is 26.0 Å². The van der Waals surface area contributed by atoms with Crippen LogP contribution >= 0.6 is 15.9 Å². The molecule has 18 heavy (non-hydrogen) atoms. The van der Waals surface area contributed by atoms with Crippen molar-refractivity contribution in [2.45, 2.75) is 0 Å². The van der Waals surface area contributed by atoms with E-state index in [1.807, 2.05) is 37.2 Å². The first-order valence-electron chi connectivity index (χ1n) is 5.28. The molecule has 0 aliphatic carbocycles. The average molecular weight is 310 g/mol. The number of halogens is 1. The third-order valence-electron chi connectivity index (χ3n) is 2.48. The number of hydrogen-bond acceptors (Lipinski definition) is 3. The Morgan fingerprint density at radius 1 is 1.22 bits per heavy atom. The van der Waals surface area contributed by atoms with Crippen molar-refractivity contribution in [1.82, 2.24) is 10.6 Å². The van der Waals surface area contributed by atoms with Crippen molar-refractivity contribution in [2.24, 2.45) is 0 Å². The number of carbonyl (C=O) groups excluding carboxylic acids is 2. The van der Waals surface area contributed by atoms with E-state index in [4.69, 9.17) is 0 Å². The number of nitrogens with one attached hydrogen (secondary N) is 2. The molecule has 0 bridgehead atoms. The van der Waals surface area contributed by atoms with E-state index in [0.29, 0.717) is 0 Å². The van der Waals surface area contributed by atoms with Crippen molar-refractivity contribution in [3.8, 4) is 0 Å². The molecule has 1 aliphatic heterocycles. The van der Waals surface area contributed by atoms with Crippen molar-refractivity contribution < 1.29 is 9.59 Å². The predicted octanol–water partition coefficient (Wildman–Crippen LogP) is 1.70. The van der Waals surface area contributed by atoms with E-state index in [9.17, 15) is 9.59 Å². The molecule has 1 aromatic carbocycles. The third kappa shape index (κ3) is 2.53. The SMILES string of the molecule is CN(C)c1ccc(/C=C2\NC(=O)NC2=O)cc1Br.